The Morgan fingerprint density at radius 3 is 2.48 bits per heavy atom. The lowest BCUT2D eigenvalue weighted by Crippen LogP contribution is -2.36. The van der Waals surface area contributed by atoms with Gasteiger partial charge in [-0.25, -0.2) is 0 Å². The number of alkyl halides is 3. The Labute approximate surface area is 121 Å². The van der Waals surface area contributed by atoms with Crippen LogP contribution < -0.4 is 14.8 Å². The molecule has 0 spiro atoms. The van der Waals surface area contributed by atoms with E-state index in [9.17, 15) is 13.2 Å². The monoisotopic (exact) mass is 305 g/mol. The van der Waals surface area contributed by atoms with Crippen LogP contribution in [-0.2, 0) is 4.74 Å². The molecule has 2 rings (SSSR count). The van der Waals surface area contributed by atoms with Crippen LogP contribution in [0, 0.1) is 0 Å². The summed E-state index contributed by atoms with van der Waals surface area (Å²) in [5.41, 5.74) is 0. The summed E-state index contributed by atoms with van der Waals surface area (Å²) in [7, 11) is 1.52. The molecule has 1 aliphatic rings. The highest BCUT2D eigenvalue weighted by Gasteiger charge is 2.32. The van der Waals surface area contributed by atoms with Crippen LogP contribution in [0.1, 0.15) is 12.8 Å². The standard InChI is InChI=1S/C14H18F3NO3/c1-19-9-11(8-18-10-6-7-10)20-12-4-2-3-5-13(12)21-14(15,16)17/h2-5,10-11,18H,6-9H2,1H3. The van der Waals surface area contributed by atoms with E-state index >= 15 is 0 Å². The Hall–Kier alpha value is -1.47. The van der Waals surface area contributed by atoms with Crippen molar-refractivity contribution in [2.45, 2.75) is 31.3 Å². The van der Waals surface area contributed by atoms with Crippen molar-refractivity contribution in [3.8, 4) is 11.5 Å². The SMILES string of the molecule is COCC(CNC1CC1)Oc1ccccc1OC(F)(F)F. The Balaban J connectivity index is 2.00. The number of hydrogen-bond acceptors (Lipinski definition) is 4. The lowest BCUT2D eigenvalue weighted by Gasteiger charge is -2.21. The maximum atomic E-state index is 12.4. The van der Waals surface area contributed by atoms with Crippen molar-refractivity contribution in [2.75, 3.05) is 20.3 Å². The second-order valence-electron chi connectivity index (χ2n) is 4.87. The van der Waals surface area contributed by atoms with E-state index in [1.807, 2.05) is 0 Å². The molecule has 0 aromatic heterocycles. The van der Waals surface area contributed by atoms with Gasteiger partial charge in [0, 0.05) is 19.7 Å². The third-order valence-electron chi connectivity index (χ3n) is 2.93. The highest BCUT2D eigenvalue weighted by molar-refractivity contribution is 5.39. The molecule has 1 unspecified atom stereocenters. The van der Waals surface area contributed by atoms with Crippen LogP contribution in [0.5, 0.6) is 11.5 Å². The van der Waals surface area contributed by atoms with E-state index in [0.717, 1.165) is 12.8 Å². The van der Waals surface area contributed by atoms with Crippen molar-refractivity contribution < 1.29 is 27.4 Å². The number of hydrogen-bond donors (Lipinski definition) is 1. The van der Waals surface area contributed by atoms with Crippen molar-refractivity contribution in [3.05, 3.63) is 24.3 Å². The number of ether oxygens (including phenoxy) is 3. The van der Waals surface area contributed by atoms with Crippen molar-refractivity contribution in [1.82, 2.24) is 5.32 Å². The zero-order chi connectivity index (χ0) is 15.3. The molecule has 0 radical (unpaired) electrons. The fourth-order valence-corrected chi connectivity index (χ4v) is 1.84. The van der Waals surface area contributed by atoms with Crippen LogP contribution in [-0.4, -0.2) is 38.8 Å². The zero-order valence-corrected chi connectivity index (χ0v) is 11.7. The first-order valence-electron chi connectivity index (χ1n) is 6.71. The third kappa shape index (κ3) is 5.81. The number of nitrogens with one attached hydrogen (secondary N) is 1. The minimum absolute atomic E-state index is 0.0504. The first kappa shape index (κ1) is 15.9. The summed E-state index contributed by atoms with van der Waals surface area (Å²) < 4.78 is 51.7. The number of methoxy groups -OCH3 is 1. The third-order valence-corrected chi connectivity index (χ3v) is 2.93. The van der Waals surface area contributed by atoms with Crippen molar-refractivity contribution >= 4 is 0 Å². The molecule has 118 valence electrons. The molecule has 1 fully saturated rings. The second-order valence-corrected chi connectivity index (χ2v) is 4.87. The van der Waals surface area contributed by atoms with E-state index in [1.165, 1.54) is 25.3 Å². The van der Waals surface area contributed by atoms with Gasteiger partial charge in [0.2, 0.25) is 0 Å². The van der Waals surface area contributed by atoms with Crippen LogP contribution in [0.2, 0.25) is 0 Å². The maximum absolute atomic E-state index is 12.4. The molecule has 1 aromatic carbocycles. The quantitative estimate of drug-likeness (QED) is 0.801. The average molecular weight is 305 g/mol. The van der Waals surface area contributed by atoms with Gasteiger partial charge in [-0.2, -0.15) is 0 Å². The molecule has 1 aromatic rings. The molecular formula is C14H18F3NO3. The predicted octanol–water partition coefficient (Wildman–Crippen LogP) is 2.73. The van der Waals surface area contributed by atoms with E-state index in [1.54, 1.807) is 6.07 Å². The Kier molecular flexibility index (Phi) is 5.30. The molecule has 4 nitrogen and oxygen atoms in total. The van der Waals surface area contributed by atoms with Gasteiger partial charge in [-0.3, -0.25) is 0 Å². The molecule has 0 amide bonds. The first-order chi connectivity index (χ1) is 9.98. The van der Waals surface area contributed by atoms with E-state index in [2.05, 4.69) is 10.1 Å². The van der Waals surface area contributed by atoms with Gasteiger partial charge < -0.3 is 19.5 Å². The Bertz CT molecular complexity index is 449. The molecule has 21 heavy (non-hydrogen) atoms. The summed E-state index contributed by atoms with van der Waals surface area (Å²) in [4.78, 5) is 0. The van der Waals surface area contributed by atoms with E-state index in [0.29, 0.717) is 12.6 Å². The molecule has 1 aliphatic carbocycles. The largest absolute Gasteiger partial charge is 0.573 e. The lowest BCUT2D eigenvalue weighted by molar-refractivity contribution is -0.275. The molecule has 1 atom stereocenters. The van der Waals surface area contributed by atoms with E-state index in [-0.39, 0.29) is 24.2 Å². The Morgan fingerprint density at radius 2 is 1.90 bits per heavy atom. The maximum Gasteiger partial charge on any atom is 0.573 e. The van der Waals surface area contributed by atoms with Gasteiger partial charge in [0.05, 0.1) is 6.61 Å². The fourth-order valence-electron chi connectivity index (χ4n) is 1.84. The smallest absolute Gasteiger partial charge is 0.483 e. The summed E-state index contributed by atoms with van der Waals surface area (Å²) in [5, 5.41) is 3.26. The van der Waals surface area contributed by atoms with Gasteiger partial charge in [-0.15, -0.1) is 13.2 Å². The molecule has 0 saturated heterocycles. The molecule has 1 saturated carbocycles. The molecule has 7 heteroatoms. The van der Waals surface area contributed by atoms with Crippen molar-refractivity contribution in [2.24, 2.45) is 0 Å². The highest BCUT2D eigenvalue weighted by Crippen LogP contribution is 2.32. The van der Waals surface area contributed by atoms with Crippen LogP contribution in [0.15, 0.2) is 24.3 Å². The number of halogens is 3. The van der Waals surface area contributed by atoms with Gasteiger partial charge in [0.25, 0.3) is 0 Å². The number of para-hydroxylation sites is 2. The first-order valence-corrected chi connectivity index (χ1v) is 6.71. The minimum atomic E-state index is -4.75. The molecule has 0 heterocycles. The van der Waals surface area contributed by atoms with Crippen LogP contribution in [0.4, 0.5) is 13.2 Å². The summed E-state index contributed by atoms with van der Waals surface area (Å²) in [5.74, 6) is -0.299. The topological polar surface area (TPSA) is 39.7 Å². The summed E-state index contributed by atoms with van der Waals surface area (Å²) in [6.45, 7) is 0.791. The van der Waals surface area contributed by atoms with Gasteiger partial charge in [0.15, 0.2) is 11.5 Å². The van der Waals surface area contributed by atoms with Gasteiger partial charge in [-0.05, 0) is 25.0 Å². The van der Waals surface area contributed by atoms with Crippen molar-refractivity contribution in [1.29, 1.82) is 0 Å². The summed E-state index contributed by atoms with van der Waals surface area (Å²) >= 11 is 0. The van der Waals surface area contributed by atoms with Gasteiger partial charge in [0.1, 0.15) is 6.10 Å². The number of benzene rings is 1. The number of rotatable bonds is 8. The van der Waals surface area contributed by atoms with Gasteiger partial charge in [-0.1, -0.05) is 12.1 Å². The minimum Gasteiger partial charge on any atom is -0.483 e. The van der Waals surface area contributed by atoms with Crippen molar-refractivity contribution in [3.63, 3.8) is 0 Å². The Morgan fingerprint density at radius 1 is 1.24 bits per heavy atom. The van der Waals surface area contributed by atoms with Crippen LogP contribution in [0.3, 0.4) is 0 Å². The highest BCUT2D eigenvalue weighted by atomic mass is 19.4. The second kappa shape index (κ2) is 7.00. The fraction of sp³-hybridized carbons (Fsp3) is 0.571. The molecule has 1 N–H and O–H groups in total. The average Bonchev–Trinajstić information content (AvgIpc) is 3.21. The normalized spacial score (nSPS) is 16.6. The lowest BCUT2D eigenvalue weighted by atomic mass is 10.3. The predicted molar refractivity (Wildman–Crippen MR) is 70.4 cm³/mol. The molecule has 0 aliphatic heterocycles. The van der Waals surface area contributed by atoms with Gasteiger partial charge >= 0.3 is 6.36 Å². The van der Waals surface area contributed by atoms with Crippen LogP contribution in [0.25, 0.3) is 0 Å². The molecule has 0 bridgehead atoms. The zero-order valence-electron chi connectivity index (χ0n) is 11.7. The van der Waals surface area contributed by atoms with Crippen LogP contribution >= 0.6 is 0 Å². The summed E-state index contributed by atoms with van der Waals surface area (Å²) in [6, 6.07) is 6.20. The van der Waals surface area contributed by atoms with E-state index in [4.69, 9.17) is 9.47 Å². The van der Waals surface area contributed by atoms with E-state index < -0.39 is 6.36 Å². The molecular weight excluding hydrogens is 287 g/mol. The summed E-state index contributed by atoms with van der Waals surface area (Å²) in [6.07, 6.45) is -2.89.